The Morgan fingerprint density at radius 3 is 2.57 bits per heavy atom. The van der Waals surface area contributed by atoms with E-state index in [1.807, 2.05) is 24.3 Å². The summed E-state index contributed by atoms with van der Waals surface area (Å²) in [5, 5.41) is 6.56. The van der Waals surface area contributed by atoms with Crippen LogP contribution in [0.25, 0.3) is 0 Å². The molecule has 30 heavy (non-hydrogen) atoms. The number of carbonyl (C=O) groups excluding carboxylic acids is 1. The molecule has 0 atom stereocenters. The van der Waals surface area contributed by atoms with E-state index in [4.69, 9.17) is 9.15 Å². The number of carbonyl (C=O) groups is 1. The van der Waals surface area contributed by atoms with Crippen molar-refractivity contribution < 1.29 is 13.9 Å². The predicted octanol–water partition coefficient (Wildman–Crippen LogP) is 3.10. The van der Waals surface area contributed by atoms with E-state index in [0.717, 1.165) is 37.4 Å². The Kier molecular flexibility index (Phi) is 12.6. The van der Waals surface area contributed by atoms with Crippen molar-refractivity contribution in [1.29, 1.82) is 0 Å². The summed E-state index contributed by atoms with van der Waals surface area (Å²) in [6.07, 6.45) is 4.22. The summed E-state index contributed by atoms with van der Waals surface area (Å²) >= 11 is 0. The number of benzene rings is 1. The number of amides is 1. The zero-order valence-electron chi connectivity index (χ0n) is 18.0. The molecule has 0 bridgehead atoms. The van der Waals surface area contributed by atoms with Gasteiger partial charge in [0.2, 0.25) is 5.91 Å². The lowest BCUT2D eigenvalue weighted by Crippen LogP contribution is -2.40. The molecule has 1 aromatic heterocycles. The van der Waals surface area contributed by atoms with E-state index in [2.05, 4.69) is 34.7 Å². The highest BCUT2D eigenvalue weighted by Gasteiger charge is 2.05. The molecule has 1 aromatic carbocycles. The number of likely N-dealkylation sites (N-methyl/N-ethyl adjacent to an activating group) is 1. The van der Waals surface area contributed by atoms with Gasteiger partial charge in [0.05, 0.1) is 12.9 Å². The van der Waals surface area contributed by atoms with Crippen LogP contribution >= 0.6 is 24.0 Å². The van der Waals surface area contributed by atoms with Crippen molar-refractivity contribution in [3.63, 3.8) is 0 Å². The molecule has 2 aromatic rings. The van der Waals surface area contributed by atoms with Crippen molar-refractivity contribution in [3.05, 3.63) is 54.0 Å². The van der Waals surface area contributed by atoms with Crippen molar-refractivity contribution in [2.45, 2.75) is 26.2 Å². The van der Waals surface area contributed by atoms with Crippen molar-refractivity contribution in [1.82, 2.24) is 15.5 Å². The predicted molar refractivity (Wildman–Crippen MR) is 131 cm³/mol. The molecule has 2 N–H and O–H groups in total. The van der Waals surface area contributed by atoms with E-state index in [1.165, 1.54) is 10.5 Å². The summed E-state index contributed by atoms with van der Waals surface area (Å²) in [5.74, 6) is 2.37. The molecular weight excluding hydrogens is 495 g/mol. The number of nitrogens with one attached hydrogen (secondary N) is 2. The van der Waals surface area contributed by atoms with Gasteiger partial charge in [0.15, 0.2) is 5.96 Å². The molecule has 0 radical (unpaired) electrons. The number of hydrogen-bond donors (Lipinski definition) is 2. The van der Waals surface area contributed by atoms with Crippen molar-refractivity contribution in [2.24, 2.45) is 4.99 Å². The first-order valence-corrected chi connectivity index (χ1v) is 10.0. The first-order valence-electron chi connectivity index (χ1n) is 10.0. The molecule has 1 amide bonds. The molecular formula is C22H33IN4O3. The highest BCUT2D eigenvalue weighted by molar-refractivity contribution is 14.0. The second-order valence-corrected chi connectivity index (χ2v) is 6.88. The van der Waals surface area contributed by atoms with Gasteiger partial charge >= 0.3 is 0 Å². The molecule has 0 saturated heterocycles. The Hall–Kier alpha value is -2.23. The van der Waals surface area contributed by atoms with Crippen LogP contribution in [-0.4, -0.2) is 57.1 Å². The standard InChI is InChI=1S/C22H32N4O3.HI/c1-4-14-28-20-8-5-7-18(16-20)10-12-23-22(25-17-21(27)26(2)3)24-13-11-19-9-6-15-29-19;/h5-9,15-16H,4,10-14,17H2,1-3H3,(H2,23,24,25);1H. The van der Waals surface area contributed by atoms with E-state index < -0.39 is 0 Å². The molecule has 8 heteroatoms. The molecule has 0 unspecified atom stereocenters. The number of halogens is 1. The number of nitrogens with zero attached hydrogens (tertiary/aromatic N) is 2. The first kappa shape index (κ1) is 25.8. The minimum Gasteiger partial charge on any atom is -0.494 e. The van der Waals surface area contributed by atoms with Crippen molar-refractivity contribution in [2.75, 3.05) is 40.3 Å². The van der Waals surface area contributed by atoms with Gasteiger partial charge in [-0.05, 0) is 42.7 Å². The third kappa shape index (κ3) is 10.00. The lowest BCUT2D eigenvalue weighted by atomic mass is 10.1. The van der Waals surface area contributed by atoms with E-state index >= 15 is 0 Å². The van der Waals surface area contributed by atoms with Crippen LogP contribution < -0.4 is 15.4 Å². The average Bonchev–Trinajstić information content (AvgIpc) is 3.23. The quantitative estimate of drug-likeness (QED) is 0.266. The van der Waals surface area contributed by atoms with E-state index in [9.17, 15) is 4.79 Å². The first-order chi connectivity index (χ1) is 14.1. The van der Waals surface area contributed by atoms with Gasteiger partial charge in [-0.3, -0.25) is 4.79 Å². The Labute approximate surface area is 196 Å². The zero-order valence-corrected chi connectivity index (χ0v) is 20.3. The van der Waals surface area contributed by atoms with Gasteiger partial charge < -0.3 is 24.7 Å². The Morgan fingerprint density at radius 1 is 1.13 bits per heavy atom. The summed E-state index contributed by atoms with van der Waals surface area (Å²) in [7, 11) is 3.45. The fraction of sp³-hybridized carbons (Fsp3) is 0.455. The van der Waals surface area contributed by atoms with Gasteiger partial charge in [0.1, 0.15) is 18.1 Å². The van der Waals surface area contributed by atoms with Gasteiger partial charge in [0.25, 0.3) is 0 Å². The summed E-state index contributed by atoms with van der Waals surface area (Å²) in [4.78, 5) is 17.8. The molecule has 0 aliphatic heterocycles. The molecule has 0 fully saturated rings. The molecule has 0 spiro atoms. The summed E-state index contributed by atoms with van der Waals surface area (Å²) in [6.45, 7) is 4.27. The van der Waals surface area contributed by atoms with Gasteiger partial charge in [-0.15, -0.1) is 24.0 Å². The van der Waals surface area contributed by atoms with E-state index in [-0.39, 0.29) is 36.4 Å². The maximum Gasteiger partial charge on any atom is 0.243 e. The van der Waals surface area contributed by atoms with Gasteiger partial charge in [-0.1, -0.05) is 19.1 Å². The molecule has 0 aliphatic carbocycles. The van der Waals surface area contributed by atoms with Gasteiger partial charge in [0, 0.05) is 33.6 Å². The molecule has 2 rings (SSSR count). The van der Waals surface area contributed by atoms with E-state index in [0.29, 0.717) is 19.0 Å². The lowest BCUT2D eigenvalue weighted by Gasteiger charge is -2.14. The third-order valence-electron chi connectivity index (χ3n) is 4.19. The number of ether oxygens (including phenoxy) is 1. The van der Waals surface area contributed by atoms with Crippen LogP contribution in [0.3, 0.4) is 0 Å². The molecule has 166 valence electrons. The molecule has 0 aliphatic rings. The highest BCUT2D eigenvalue weighted by atomic mass is 127. The number of hydrogen-bond acceptors (Lipinski definition) is 4. The SMILES string of the molecule is CCCOc1cccc(CCNC(=NCC(=O)N(C)C)NCCc2ccco2)c1.I. The Balaban J connectivity index is 0.00000450. The van der Waals surface area contributed by atoms with Crippen molar-refractivity contribution in [3.8, 4) is 5.75 Å². The van der Waals surface area contributed by atoms with Crippen LogP contribution in [0, 0.1) is 0 Å². The maximum atomic E-state index is 11.9. The topological polar surface area (TPSA) is 79.1 Å². The van der Waals surface area contributed by atoms with Crippen LogP contribution in [0.2, 0.25) is 0 Å². The number of furan rings is 1. The number of rotatable bonds is 11. The largest absolute Gasteiger partial charge is 0.494 e. The minimum atomic E-state index is -0.0436. The third-order valence-corrected chi connectivity index (χ3v) is 4.19. The summed E-state index contributed by atoms with van der Waals surface area (Å²) in [5.41, 5.74) is 1.19. The molecule has 0 saturated carbocycles. The molecule has 7 nitrogen and oxygen atoms in total. The van der Waals surface area contributed by atoms with Crippen molar-refractivity contribution >= 4 is 35.8 Å². The second-order valence-electron chi connectivity index (χ2n) is 6.88. The average molecular weight is 528 g/mol. The summed E-state index contributed by atoms with van der Waals surface area (Å²) in [6, 6.07) is 11.9. The molecule has 1 heterocycles. The fourth-order valence-corrected chi connectivity index (χ4v) is 2.56. The summed E-state index contributed by atoms with van der Waals surface area (Å²) < 4.78 is 11.0. The number of guanidine groups is 1. The van der Waals surface area contributed by atoms with Crippen LogP contribution in [0.15, 0.2) is 52.1 Å². The van der Waals surface area contributed by atoms with Crippen LogP contribution in [0.4, 0.5) is 0 Å². The van der Waals surface area contributed by atoms with Crippen LogP contribution in [0.5, 0.6) is 5.75 Å². The Bertz CT molecular complexity index is 764. The van der Waals surface area contributed by atoms with Crippen LogP contribution in [0.1, 0.15) is 24.7 Å². The van der Waals surface area contributed by atoms with Crippen LogP contribution in [-0.2, 0) is 17.6 Å². The van der Waals surface area contributed by atoms with E-state index in [1.54, 1.807) is 20.4 Å². The lowest BCUT2D eigenvalue weighted by molar-refractivity contribution is -0.127. The minimum absolute atomic E-state index is 0. The van der Waals surface area contributed by atoms with Gasteiger partial charge in [-0.25, -0.2) is 4.99 Å². The smallest absolute Gasteiger partial charge is 0.243 e. The number of aliphatic imine (C=N–C) groups is 1. The second kappa shape index (κ2) is 14.7. The zero-order chi connectivity index (χ0) is 20.9. The Morgan fingerprint density at radius 2 is 1.90 bits per heavy atom. The fourth-order valence-electron chi connectivity index (χ4n) is 2.56. The normalized spacial score (nSPS) is 10.8. The maximum absolute atomic E-state index is 11.9. The monoisotopic (exact) mass is 528 g/mol. The highest BCUT2D eigenvalue weighted by Crippen LogP contribution is 2.13. The van der Waals surface area contributed by atoms with Gasteiger partial charge in [-0.2, -0.15) is 0 Å².